The third kappa shape index (κ3) is 6.52. The van der Waals surface area contributed by atoms with Crippen LogP contribution in [-0.4, -0.2) is 39.4 Å². The predicted octanol–water partition coefficient (Wildman–Crippen LogP) is 2.84. The molecule has 0 aromatic heterocycles. The summed E-state index contributed by atoms with van der Waals surface area (Å²) in [6, 6.07) is 16.8. The normalized spacial score (nSPS) is 10.9. The van der Waals surface area contributed by atoms with Gasteiger partial charge in [0.15, 0.2) is 5.11 Å². The molecule has 27 heavy (non-hydrogen) atoms. The maximum atomic E-state index is 5.71. The Morgan fingerprint density at radius 1 is 1.07 bits per heavy atom. The fourth-order valence-electron chi connectivity index (χ4n) is 2.75. The van der Waals surface area contributed by atoms with E-state index in [0.29, 0.717) is 5.92 Å². The van der Waals surface area contributed by atoms with Crippen molar-refractivity contribution in [2.24, 2.45) is 0 Å². The van der Waals surface area contributed by atoms with Crippen molar-refractivity contribution in [3.63, 3.8) is 0 Å². The number of nitrogens with zero attached hydrogens (tertiary/aromatic N) is 1. The molecule has 0 heterocycles. The molecule has 0 fully saturated rings. The molecule has 2 rings (SSSR count). The minimum atomic E-state index is 0.535. The van der Waals surface area contributed by atoms with Crippen molar-refractivity contribution in [2.45, 2.75) is 26.3 Å². The maximum absolute atomic E-state index is 5.71. The fraction of sp³-hybridized carbons (Fsp3) is 0.409. The van der Waals surface area contributed by atoms with Crippen molar-refractivity contribution in [3.8, 4) is 5.75 Å². The van der Waals surface area contributed by atoms with Crippen molar-refractivity contribution < 1.29 is 9.64 Å². The Labute approximate surface area is 169 Å². The average molecular weight is 387 g/mol. The molecule has 0 atom stereocenters. The van der Waals surface area contributed by atoms with Gasteiger partial charge in [-0.15, -0.1) is 0 Å². The Balaban J connectivity index is 2.18. The molecule has 2 aromatic carbocycles. The van der Waals surface area contributed by atoms with E-state index < -0.39 is 0 Å². The number of nitrogens with one attached hydrogen (secondary N) is 2. The van der Waals surface area contributed by atoms with Gasteiger partial charge in [0.1, 0.15) is 5.75 Å². The standard InChI is InChI=1S/C22H31N3OS/c1-17(2)19-8-6-18(7-9-19)16-25(22(27)23-14-15-24(3)4)20-10-12-21(26-5)13-11-20/h6-13,17H,14-16H2,1-5H3,(H,23,27)/p+1. The molecule has 5 heteroatoms. The smallest absolute Gasteiger partial charge is 0.173 e. The number of quaternary nitrogens is 1. The lowest BCUT2D eigenvalue weighted by Crippen LogP contribution is -3.06. The zero-order chi connectivity index (χ0) is 19.8. The summed E-state index contributed by atoms with van der Waals surface area (Å²) in [5.41, 5.74) is 3.64. The highest BCUT2D eigenvalue weighted by molar-refractivity contribution is 7.80. The zero-order valence-electron chi connectivity index (χ0n) is 17.1. The van der Waals surface area contributed by atoms with Gasteiger partial charge in [-0.3, -0.25) is 0 Å². The van der Waals surface area contributed by atoms with E-state index in [0.717, 1.165) is 36.2 Å². The van der Waals surface area contributed by atoms with Gasteiger partial charge in [-0.05, 0) is 53.5 Å². The van der Waals surface area contributed by atoms with Crippen molar-refractivity contribution in [1.29, 1.82) is 0 Å². The SMILES string of the molecule is COc1ccc(N(Cc2ccc(C(C)C)cc2)C(=S)NCC[NH+](C)C)cc1. The lowest BCUT2D eigenvalue weighted by Gasteiger charge is -2.26. The minimum absolute atomic E-state index is 0.535. The molecule has 0 aliphatic carbocycles. The molecular weight excluding hydrogens is 354 g/mol. The summed E-state index contributed by atoms with van der Waals surface area (Å²) >= 11 is 5.71. The summed E-state index contributed by atoms with van der Waals surface area (Å²) in [4.78, 5) is 3.54. The molecule has 0 aliphatic rings. The van der Waals surface area contributed by atoms with E-state index in [-0.39, 0.29) is 0 Å². The van der Waals surface area contributed by atoms with Crippen molar-refractivity contribution in [1.82, 2.24) is 5.32 Å². The van der Waals surface area contributed by atoms with E-state index in [1.54, 1.807) is 7.11 Å². The van der Waals surface area contributed by atoms with Crippen LogP contribution in [0.15, 0.2) is 48.5 Å². The summed E-state index contributed by atoms with van der Waals surface area (Å²) < 4.78 is 5.28. The molecule has 0 saturated heterocycles. The predicted molar refractivity (Wildman–Crippen MR) is 118 cm³/mol. The number of methoxy groups -OCH3 is 1. The van der Waals surface area contributed by atoms with Crippen LogP contribution >= 0.6 is 12.2 Å². The molecule has 2 aromatic rings. The van der Waals surface area contributed by atoms with Crippen LogP contribution in [0.4, 0.5) is 5.69 Å². The van der Waals surface area contributed by atoms with Gasteiger partial charge < -0.3 is 19.9 Å². The molecule has 0 spiro atoms. The molecule has 0 radical (unpaired) electrons. The lowest BCUT2D eigenvalue weighted by molar-refractivity contribution is -0.856. The molecule has 2 N–H and O–H groups in total. The third-order valence-corrected chi connectivity index (χ3v) is 4.88. The zero-order valence-corrected chi connectivity index (χ0v) is 17.9. The molecule has 0 unspecified atom stereocenters. The van der Waals surface area contributed by atoms with Crippen LogP contribution in [-0.2, 0) is 6.54 Å². The van der Waals surface area contributed by atoms with Crippen LogP contribution in [0.2, 0.25) is 0 Å². The van der Waals surface area contributed by atoms with Crippen LogP contribution in [0.5, 0.6) is 5.75 Å². The van der Waals surface area contributed by atoms with Gasteiger partial charge in [-0.25, -0.2) is 0 Å². The first-order chi connectivity index (χ1) is 12.9. The monoisotopic (exact) mass is 386 g/mol. The van der Waals surface area contributed by atoms with Gasteiger partial charge in [-0.1, -0.05) is 38.1 Å². The average Bonchev–Trinajstić information content (AvgIpc) is 2.66. The van der Waals surface area contributed by atoms with Gasteiger partial charge in [0.25, 0.3) is 0 Å². The molecule has 0 bridgehead atoms. The van der Waals surface area contributed by atoms with Crippen LogP contribution in [0.1, 0.15) is 30.9 Å². The number of anilines is 1. The van der Waals surface area contributed by atoms with E-state index in [1.807, 2.05) is 24.3 Å². The quantitative estimate of drug-likeness (QED) is 0.683. The number of hydrogen-bond donors (Lipinski definition) is 2. The second kappa shape index (κ2) is 10.3. The fourth-order valence-corrected chi connectivity index (χ4v) is 3.02. The van der Waals surface area contributed by atoms with Crippen molar-refractivity contribution in [3.05, 3.63) is 59.7 Å². The number of likely N-dealkylation sites (N-methyl/N-ethyl adjacent to an activating group) is 1. The molecule has 4 nitrogen and oxygen atoms in total. The van der Waals surface area contributed by atoms with Gasteiger partial charge in [-0.2, -0.15) is 0 Å². The van der Waals surface area contributed by atoms with E-state index >= 15 is 0 Å². The van der Waals surface area contributed by atoms with E-state index in [2.05, 4.69) is 62.4 Å². The highest BCUT2D eigenvalue weighted by Crippen LogP contribution is 2.22. The third-order valence-electron chi connectivity index (χ3n) is 4.52. The second-order valence-electron chi connectivity index (χ2n) is 7.37. The van der Waals surface area contributed by atoms with Gasteiger partial charge in [0, 0.05) is 5.69 Å². The molecule has 146 valence electrons. The summed E-state index contributed by atoms with van der Waals surface area (Å²) in [6.45, 7) is 7.01. The van der Waals surface area contributed by atoms with E-state index in [4.69, 9.17) is 17.0 Å². The number of benzene rings is 2. The van der Waals surface area contributed by atoms with E-state index in [1.165, 1.54) is 16.0 Å². The largest absolute Gasteiger partial charge is 0.497 e. The number of rotatable bonds is 8. The number of hydrogen-bond acceptors (Lipinski definition) is 2. The van der Waals surface area contributed by atoms with Crippen LogP contribution < -0.4 is 19.9 Å². The molecule has 0 amide bonds. The Kier molecular flexibility index (Phi) is 8.07. The Bertz CT molecular complexity index is 711. The summed E-state index contributed by atoms with van der Waals surface area (Å²) in [5, 5.41) is 4.14. The topological polar surface area (TPSA) is 28.9 Å². The lowest BCUT2D eigenvalue weighted by atomic mass is 10.0. The summed E-state index contributed by atoms with van der Waals surface area (Å²) in [5.74, 6) is 1.38. The minimum Gasteiger partial charge on any atom is -0.497 e. The highest BCUT2D eigenvalue weighted by Gasteiger charge is 2.14. The van der Waals surface area contributed by atoms with Crippen molar-refractivity contribution in [2.75, 3.05) is 39.2 Å². The molecule has 0 saturated carbocycles. The van der Waals surface area contributed by atoms with E-state index in [9.17, 15) is 0 Å². The Morgan fingerprint density at radius 2 is 1.70 bits per heavy atom. The van der Waals surface area contributed by atoms with Crippen LogP contribution in [0, 0.1) is 0 Å². The second-order valence-corrected chi connectivity index (χ2v) is 7.76. The number of ether oxygens (including phenoxy) is 1. The summed E-state index contributed by atoms with van der Waals surface area (Å²) in [6.07, 6.45) is 0. The molecule has 0 aliphatic heterocycles. The maximum Gasteiger partial charge on any atom is 0.173 e. The van der Waals surface area contributed by atoms with Crippen LogP contribution in [0.25, 0.3) is 0 Å². The number of thiocarbonyl (C=S) groups is 1. The first kappa shape index (κ1) is 21.2. The van der Waals surface area contributed by atoms with Gasteiger partial charge >= 0.3 is 0 Å². The van der Waals surface area contributed by atoms with Gasteiger partial charge in [0.05, 0.1) is 40.8 Å². The Morgan fingerprint density at radius 3 is 2.22 bits per heavy atom. The summed E-state index contributed by atoms with van der Waals surface area (Å²) in [7, 11) is 5.96. The first-order valence-corrected chi connectivity index (χ1v) is 9.88. The Hall–Kier alpha value is -2.11. The molecular formula is C22H32N3OS+. The van der Waals surface area contributed by atoms with Gasteiger partial charge in [0.2, 0.25) is 0 Å². The van der Waals surface area contributed by atoms with Crippen LogP contribution in [0.3, 0.4) is 0 Å². The van der Waals surface area contributed by atoms with Crippen molar-refractivity contribution >= 4 is 23.0 Å². The first-order valence-electron chi connectivity index (χ1n) is 9.48. The highest BCUT2D eigenvalue weighted by atomic mass is 32.1.